The standard InChI is InChI=1S/C13H21N5/c1-5-18-11(6-9(2)16-18)7-13(14)12-8-15-17(4)10(12)3/h6,8,13H,5,7,14H2,1-4H3. The van der Waals surface area contributed by atoms with E-state index in [-0.39, 0.29) is 6.04 Å². The van der Waals surface area contributed by atoms with E-state index in [9.17, 15) is 0 Å². The number of aromatic nitrogens is 4. The molecule has 98 valence electrons. The Morgan fingerprint density at radius 2 is 2.11 bits per heavy atom. The van der Waals surface area contributed by atoms with Gasteiger partial charge in [-0.05, 0) is 26.8 Å². The number of aryl methyl sites for hydroxylation is 3. The molecule has 0 aliphatic heterocycles. The van der Waals surface area contributed by atoms with E-state index in [1.807, 2.05) is 36.5 Å². The molecule has 0 saturated heterocycles. The molecule has 2 aromatic heterocycles. The van der Waals surface area contributed by atoms with Crippen molar-refractivity contribution in [3.05, 3.63) is 34.9 Å². The van der Waals surface area contributed by atoms with Gasteiger partial charge in [0.25, 0.3) is 0 Å². The summed E-state index contributed by atoms with van der Waals surface area (Å²) in [6.45, 7) is 7.03. The lowest BCUT2D eigenvalue weighted by Crippen LogP contribution is -2.16. The third-order valence-electron chi connectivity index (χ3n) is 3.39. The van der Waals surface area contributed by atoms with Crippen LogP contribution in [-0.2, 0) is 20.0 Å². The lowest BCUT2D eigenvalue weighted by molar-refractivity contribution is 0.585. The fourth-order valence-corrected chi connectivity index (χ4v) is 2.25. The molecule has 0 saturated carbocycles. The first-order valence-corrected chi connectivity index (χ1v) is 6.30. The third kappa shape index (κ3) is 2.31. The zero-order chi connectivity index (χ0) is 13.3. The Hall–Kier alpha value is -1.62. The zero-order valence-corrected chi connectivity index (χ0v) is 11.5. The third-order valence-corrected chi connectivity index (χ3v) is 3.39. The predicted octanol–water partition coefficient (Wildman–Crippen LogP) is 1.50. The Bertz CT molecular complexity index is 538. The number of hydrogen-bond acceptors (Lipinski definition) is 3. The smallest absolute Gasteiger partial charge is 0.0596 e. The molecule has 0 amide bonds. The molecule has 1 atom stereocenters. The van der Waals surface area contributed by atoms with Crippen molar-refractivity contribution in [3.8, 4) is 0 Å². The van der Waals surface area contributed by atoms with Crippen LogP contribution >= 0.6 is 0 Å². The summed E-state index contributed by atoms with van der Waals surface area (Å²) in [5, 5.41) is 8.68. The van der Waals surface area contributed by atoms with Gasteiger partial charge in [0.1, 0.15) is 0 Å². The van der Waals surface area contributed by atoms with Crippen molar-refractivity contribution in [2.75, 3.05) is 0 Å². The van der Waals surface area contributed by atoms with Crippen LogP contribution in [0.3, 0.4) is 0 Å². The van der Waals surface area contributed by atoms with Crippen molar-refractivity contribution in [1.82, 2.24) is 19.6 Å². The van der Waals surface area contributed by atoms with Crippen molar-refractivity contribution < 1.29 is 0 Å². The Morgan fingerprint density at radius 3 is 2.67 bits per heavy atom. The van der Waals surface area contributed by atoms with Crippen molar-refractivity contribution in [2.45, 2.75) is 39.8 Å². The molecule has 0 aliphatic carbocycles. The molecule has 2 heterocycles. The minimum atomic E-state index is -0.0277. The number of nitrogens with zero attached hydrogens (tertiary/aromatic N) is 4. The van der Waals surface area contributed by atoms with Crippen LogP contribution in [0.4, 0.5) is 0 Å². The number of rotatable bonds is 4. The van der Waals surface area contributed by atoms with E-state index in [0.717, 1.165) is 29.9 Å². The lowest BCUT2D eigenvalue weighted by atomic mass is 10.0. The molecule has 0 aromatic carbocycles. The van der Waals surface area contributed by atoms with E-state index in [1.165, 1.54) is 5.69 Å². The fourth-order valence-electron chi connectivity index (χ4n) is 2.25. The first-order chi connectivity index (χ1) is 8.52. The average molecular weight is 247 g/mol. The van der Waals surface area contributed by atoms with Gasteiger partial charge in [-0.25, -0.2) is 0 Å². The van der Waals surface area contributed by atoms with Crippen molar-refractivity contribution in [2.24, 2.45) is 12.8 Å². The van der Waals surface area contributed by atoms with Crippen LogP contribution in [0.2, 0.25) is 0 Å². The quantitative estimate of drug-likeness (QED) is 0.890. The summed E-state index contributed by atoms with van der Waals surface area (Å²) < 4.78 is 3.87. The summed E-state index contributed by atoms with van der Waals surface area (Å²) in [7, 11) is 1.94. The van der Waals surface area contributed by atoms with Gasteiger partial charge in [0.05, 0.1) is 11.9 Å². The van der Waals surface area contributed by atoms with Crippen LogP contribution in [0.15, 0.2) is 12.3 Å². The van der Waals surface area contributed by atoms with Gasteiger partial charge < -0.3 is 5.73 Å². The number of hydrogen-bond donors (Lipinski definition) is 1. The summed E-state index contributed by atoms with van der Waals surface area (Å²) >= 11 is 0. The summed E-state index contributed by atoms with van der Waals surface area (Å²) in [5.74, 6) is 0. The van der Waals surface area contributed by atoms with E-state index in [4.69, 9.17) is 5.73 Å². The minimum absolute atomic E-state index is 0.0277. The maximum Gasteiger partial charge on any atom is 0.0596 e. The molecular weight excluding hydrogens is 226 g/mol. The molecular formula is C13H21N5. The van der Waals surface area contributed by atoms with Crippen LogP contribution in [0.5, 0.6) is 0 Å². The van der Waals surface area contributed by atoms with Gasteiger partial charge >= 0.3 is 0 Å². The first kappa shape index (κ1) is 12.8. The van der Waals surface area contributed by atoms with Gasteiger partial charge in [-0.3, -0.25) is 9.36 Å². The monoisotopic (exact) mass is 247 g/mol. The molecule has 0 bridgehead atoms. The van der Waals surface area contributed by atoms with Crippen LogP contribution in [0.25, 0.3) is 0 Å². The first-order valence-electron chi connectivity index (χ1n) is 6.30. The van der Waals surface area contributed by atoms with E-state index in [0.29, 0.717) is 0 Å². The summed E-state index contributed by atoms with van der Waals surface area (Å²) in [6, 6.07) is 2.08. The molecule has 1 unspecified atom stereocenters. The highest BCUT2D eigenvalue weighted by molar-refractivity contribution is 5.22. The molecule has 0 aliphatic rings. The summed E-state index contributed by atoms with van der Waals surface area (Å²) in [5.41, 5.74) is 10.7. The Balaban J connectivity index is 2.20. The van der Waals surface area contributed by atoms with Gasteiger partial charge in [0.15, 0.2) is 0 Å². The van der Waals surface area contributed by atoms with E-state index < -0.39 is 0 Å². The molecule has 0 radical (unpaired) electrons. The zero-order valence-electron chi connectivity index (χ0n) is 11.5. The summed E-state index contributed by atoms with van der Waals surface area (Å²) in [4.78, 5) is 0. The van der Waals surface area contributed by atoms with Gasteiger partial charge in [-0.2, -0.15) is 10.2 Å². The Labute approximate surface area is 108 Å². The van der Waals surface area contributed by atoms with Gasteiger partial charge in [-0.1, -0.05) is 0 Å². The van der Waals surface area contributed by atoms with E-state index >= 15 is 0 Å². The average Bonchev–Trinajstić information content (AvgIpc) is 2.84. The van der Waals surface area contributed by atoms with Crippen LogP contribution in [0, 0.1) is 13.8 Å². The molecule has 0 spiro atoms. The van der Waals surface area contributed by atoms with Gasteiger partial charge in [0.2, 0.25) is 0 Å². The highest BCUT2D eigenvalue weighted by atomic mass is 15.3. The molecule has 5 heteroatoms. The molecule has 5 nitrogen and oxygen atoms in total. The fraction of sp³-hybridized carbons (Fsp3) is 0.538. The highest BCUT2D eigenvalue weighted by Gasteiger charge is 2.15. The van der Waals surface area contributed by atoms with Crippen LogP contribution in [-0.4, -0.2) is 19.6 Å². The van der Waals surface area contributed by atoms with Crippen molar-refractivity contribution >= 4 is 0 Å². The van der Waals surface area contributed by atoms with Crippen molar-refractivity contribution in [3.63, 3.8) is 0 Å². The summed E-state index contributed by atoms with van der Waals surface area (Å²) in [6.07, 6.45) is 2.65. The lowest BCUT2D eigenvalue weighted by Gasteiger charge is -2.12. The van der Waals surface area contributed by atoms with Crippen molar-refractivity contribution in [1.29, 1.82) is 0 Å². The maximum atomic E-state index is 6.28. The van der Waals surface area contributed by atoms with E-state index in [1.54, 1.807) is 0 Å². The van der Waals surface area contributed by atoms with Crippen LogP contribution < -0.4 is 5.73 Å². The van der Waals surface area contributed by atoms with Crippen LogP contribution in [0.1, 0.15) is 35.6 Å². The van der Waals surface area contributed by atoms with Gasteiger partial charge in [0, 0.05) is 43.0 Å². The minimum Gasteiger partial charge on any atom is -0.324 e. The SMILES string of the molecule is CCn1nc(C)cc1CC(N)c1cnn(C)c1C. The second-order valence-electron chi connectivity index (χ2n) is 4.71. The predicted molar refractivity (Wildman–Crippen MR) is 71.2 cm³/mol. The normalized spacial score (nSPS) is 12.9. The molecule has 2 rings (SSSR count). The second kappa shape index (κ2) is 4.94. The maximum absolute atomic E-state index is 6.28. The van der Waals surface area contributed by atoms with E-state index in [2.05, 4.69) is 23.2 Å². The highest BCUT2D eigenvalue weighted by Crippen LogP contribution is 2.19. The molecule has 2 aromatic rings. The molecule has 0 fully saturated rings. The molecule has 18 heavy (non-hydrogen) atoms. The Morgan fingerprint density at radius 1 is 1.39 bits per heavy atom. The second-order valence-corrected chi connectivity index (χ2v) is 4.71. The largest absolute Gasteiger partial charge is 0.324 e. The topological polar surface area (TPSA) is 61.7 Å². The molecule has 2 N–H and O–H groups in total. The Kier molecular flexibility index (Phi) is 3.52. The van der Waals surface area contributed by atoms with Gasteiger partial charge in [-0.15, -0.1) is 0 Å². The number of nitrogens with two attached hydrogens (primary N) is 1.